The molecular weight excluding hydrogens is 382 g/mol. The molecule has 2 aromatic heterocycles. The number of esters is 1. The lowest BCUT2D eigenvalue weighted by Crippen LogP contribution is -2.32. The first-order chi connectivity index (χ1) is 14.6. The van der Waals surface area contributed by atoms with Crippen molar-refractivity contribution in [3.8, 4) is 5.88 Å². The van der Waals surface area contributed by atoms with Gasteiger partial charge in [-0.1, -0.05) is 18.2 Å². The third-order valence-electron chi connectivity index (χ3n) is 6.72. The number of aromatic nitrogens is 2. The fourth-order valence-electron chi connectivity index (χ4n) is 5.10. The van der Waals surface area contributed by atoms with Crippen LogP contribution in [0.15, 0.2) is 42.7 Å². The molecule has 7 nitrogen and oxygen atoms in total. The monoisotopic (exact) mass is 401 g/mol. The Balaban J connectivity index is 1.55. The first kappa shape index (κ1) is 17.5. The second kappa shape index (κ2) is 5.86. The summed E-state index contributed by atoms with van der Waals surface area (Å²) in [6.07, 6.45) is 5.13. The van der Waals surface area contributed by atoms with Crippen molar-refractivity contribution in [2.24, 2.45) is 0 Å². The SMILES string of the molecule is O=C1OC2(CCNC2)c2c(C(=O)C3(c4ccnc5ccccc45)CC3)cnc(O)c21. The van der Waals surface area contributed by atoms with Gasteiger partial charge in [0.25, 0.3) is 0 Å². The number of fused-ring (bicyclic) bond motifs is 3. The van der Waals surface area contributed by atoms with Gasteiger partial charge in [-0.2, -0.15) is 0 Å². The highest BCUT2D eigenvalue weighted by Crippen LogP contribution is 2.54. The van der Waals surface area contributed by atoms with Crippen molar-refractivity contribution in [1.82, 2.24) is 15.3 Å². The van der Waals surface area contributed by atoms with Crippen LogP contribution in [0.5, 0.6) is 5.88 Å². The van der Waals surface area contributed by atoms with Crippen LogP contribution >= 0.6 is 0 Å². The van der Waals surface area contributed by atoms with Gasteiger partial charge in [-0.15, -0.1) is 0 Å². The Morgan fingerprint density at radius 3 is 2.73 bits per heavy atom. The second-order valence-corrected chi connectivity index (χ2v) is 8.34. The maximum Gasteiger partial charge on any atom is 0.345 e. The van der Waals surface area contributed by atoms with Gasteiger partial charge in [0.1, 0.15) is 5.56 Å². The molecule has 2 N–H and O–H groups in total. The molecule has 3 aliphatic rings. The molecule has 1 aromatic carbocycles. The standard InChI is InChI=1S/C23H19N3O4/c27-19(22(6-7-22)15-5-9-25-16-4-2-1-3-13(15)16)14-11-26-20(28)17-18(14)23(30-21(17)29)8-10-24-12-23/h1-5,9,11,24H,6-8,10,12H2,(H,26,28). The highest BCUT2D eigenvalue weighted by molar-refractivity contribution is 6.12. The van der Waals surface area contributed by atoms with Crippen molar-refractivity contribution < 1.29 is 19.4 Å². The minimum Gasteiger partial charge on any atom is -0.493 e. The molecule has 1 saturated heterocycles. The van der Waals surface area contributed by atoms with Crippen LogP contribution in [-0.4, -0.2) is 39.9 Å². The van der Waals surface area contributed by atoms with Crippen molar-refractivity contribution in [1.29, 1.82) is 0 Å². The molecule has 1 unspecified atom stereocenters. The average Bonchev–Trinajstić information content (AvgIpc) is 3.35. The van der Waals surface area contributed by atoms with Gasteiger partial charge >= 0.3 is 5.97 Å². The van der Waals surface area contributed by atoms with E-state index in [4.69, 9.17) is 4.74 Å². The van der Waals surface area contributed by atoms with E-state index < -0.39 is 17.0 Å². The number of aromatic hydroxyl groups is 1. The lowest BCUT2D eigenvalue weighted by Gasteiger charge is -2.25. The molecule has 1 aliphatic carbocycles. The molecule has 2 fully saturated rings. The van der Waals surface area contributed by atoms with Gasteiger partial charge in [-0.25, -0.2) is 9.78 Å². The molecule has 0 radical (unpaired) electrons. The zero-order chi connectivity index (χ0) is 20.5. The summed E-state index contributed by atoms with van der Waals surface area (Å²) in [5.74, 6) is -1.07. The number of hydrogen-bond acceptors (Lipinski definition) is 7. The normalized spacial score (nSPS) is 23.5. The number of carbonyl (C=O) groups excluding carboxylic acids is 2. The fraction of sp³-hybridized carbons (Fsp3) is 0.304. The summed E-state index contributed by atoms with van der Waals surface area (Å²) in [6.45, 7) is 1.09. The number of rotatable bonds is 3. The zero-order valence-electron chi connectivity index (χ0n) is 16.1. The Morgan fingerprint density at radius 1 is 1.13 bits per heavy atom. The van der Waals surface area contributed by atoms with E-state index in [2.05, 4.69) is 15.3 Å². The van der Waals surface area contributed by atoms with Gasteiger partial charge < -0.3 is 15.2 Å². The van der Waals surface area contributed by atoms with Gasteiger partial charge in [0, 0.05) is 41.9 Å². The number of hydrogen-bond donors (Lipinski definition) is 2. The van der Waals surface area contributed by atoms with Gasteiger partial charge in [0.15, 0.2) is 11.4 Å². The Kier molecular flexibility index (Phi) is 3.42. The predicted molar refractivity (Wildman–Crippen MR) is 107 cm³/mol. The van der Waals surface area contributed by atoms with Crippen LogP contribution in [0.3, 0.4) is 0 Å². The molecule has 6 rings (SSSR count). The smallest absolute Gasteiger partial charge is 0.345 e. The molecule has 1 atom stereocenters. The summed E-state index contributed by atoms with van der Waals surface area (Å²) in [6, 6.07) is 9.71. The molecule has 7 heteroatoms. The number of nitrogens with one attached hydrogen (secondary N) is 1. The molecule has 150 valence electrons. The van der Waals surface area contributed by atoms with Crippen LogP contribution in [0, 0.1) is 0 Å². The minimum absolute atomic E-state index is 0.0277. The Hall–Kier alpha value is -3.32. The molecule has 1 spiro atoms. The number of nitrogens with zero attached hydrogens (tertiary/aromatic N) is 2. The Labute approximate surface area is 172 Å². The summed E-state index contributed by atoms with van der Waals surface area (Å²) in [5.41, 5.74) is 1.08. The summed E-state index contributed by atoms with van der Waals surface area (Å²) in [4.78, 5) is 34.9. The first-order valence-electron chi connectivity index (χ1n) is 10.1. The van der Waals surface area contributed by atoms with Gasteiger partial charge in [-0.05, 0) is 37.1 Å². The fourth-order valence-corrected chi connectivity index (χ4v) is 5.10. The zero-order valence-corrected chi connectivity index (χ0v) is 16.1. The highest BCUT2D eigenvalue weighted by atomic mass is 16.6. The number of para-hydroxylation sites is 1. The maximum atomic E-state index is 14.0. The van der Waals surface area contributed by atoms with E-state index in [1.54, 1.807) is 6.20 Å². The molecule has 0 amide bonds. The minimum atomic E-state index is -0.922. The van der Waals surface area contributed by atoms with Crippen LogP contribution in [0.1, 0.15) is 51.1 Å². The van der Waals surface area contributed by atoms with Gasteiger partial charge in [0.2, 0.25) is 5.88 Å². The molecule has 4 heterocycles. The van der Waals surface area contributed by atoms with E-state index in [9.17, 15) is 14.7 Å². The average molecular weight is 401 g/mol. The molecule has 1 saturated carbocycles. The summed E-state index contributed by atoms with van der Waals surface area (Å²) < 4.78 is 5.70. The van der Waals surface area contributed by atoms with Crippen LogP contribution < -0.4 is 5.32 Å². The molecule has 3 aromatic rings. The Morgan fingerprint density at radius 2 is 1.97 bits per heavy atom. The van der Waals surface area contributed by atoms with Gasteiger partial charge in [-0.3, -0.25) is 9.78 Å². The van der Waals surface area contributed by atoms with E-state index in [0.717, 1.165) is 29.3 Å². The number of Topliss-reactive ketones (excluding diaryl/α,β-unsaturated/α-hetero) is 1. The van der Waals surface area contributed by atoms with Crippen molar-refractivity contribution in [3.63, 3.8) is 0 Å². The first-order valence-corrected chi connectivity index (χ1v) is 10.1. The number of ketones is 1. The number of carbonyl (C=O) groups is 2. The van der Waals surface area contributed by atoms with Crippen LogP contribution in [0.2, 0.25) is 0 Å². The largest absolute Gasteiger partial charge is 0.493 e. The number of ether oxygens (including phenoxy) is 1. The highest BCUT2D eigenvalue weighted by Gasteiger charge is 2.57. The number of pyridine rings is 2. The van der Waals surface area contributed by atoms with E-state index in [1.807, 2.05) is 30.3 Å². The van der Waals surface area contributed by atoms with Crippen LogP contribution in [0.25, 0.3) is 10.9 Å². The topological polar surface area (TPSA) is 101 Å². The van der Waals surface area contributed by atoms with E-state index in [0.29, 0.717) is 30.6 Å². The molecule has 0 bridgehead atoms. The van der Waals surface area contributed by atoms with Gasteiger partial charge in [0.05, 0.1) is 10.9 Å². The third-order valence-corrected chi connectivity index (χ3v) is 6.72. The quantitative estimate of drug-likeness (QED) is 0.514. The van der Waals surface area contributed by atoms with Crippen molar-refractivity contribution in [2.75, 3.05) is 13.1 Å². The van der Waals surface area contributed by atoms with Crippen molar-refractivity contribution in [3.05, 3.63) is 65.0 Å². The Bertz CT molecular complexity index is 1240. The summed E-state index contributed by atoms with van der Waals surface area (Å²) >= 11 is 0. The second-order valence-electron chi connectivity index (χ2n) is 8.34. The number of benzene rings is 1. The molecular formula is C23H19N3O4. The van der Waals surface area contributed by atoms with E-state index >= 15 is 0 Å². The summed E-state index contributed by atoms with van der Waals surface area (Å²) in [7, 11) is 0. The molecule has 2 aliphatic heterocycles. The van der Waals surface area contributed by atoms with Crippen LogP contribution in [-0.2, 0) is 15.8 Å². The van der Waals surface area contributed by atoms with Crippen LogP contribution in [0.4, 0.5) is 0 Å². The lowest BCUT2D eigenvalue weighted by molar-refractivity contribution is 0.00126. The summed E-state index contributed by atoms with van der Waals surface area (Å²) in [5, 5.41) is 14.4. The van der Waals surface area contributed by atoms with E-state index in [-0.39, 0.29) is 17.2 Å². The predicted octanol–water partition coefficient (Wildman–Crippen LogP) is 2.61. The van der Waals surface area contributed by atoms with E-state index in [1.165, 1.54) is 6.20 Å². The lowest BCUT2D eigenvalue weighted by atomic mass is 9.80. The van der Waals surface area contributed by atoms with Crippen molar-refractivity contribution >= 4 is 22.7 Å². The maximum absolute atomic E-state index is 14.0. The molecule has 30 heavy (non-hydrogen) atoms. The van der Waals surface area contributed by atoms with Crippen molar-refractivity contribution in [2.45, 2.75) is 30.3 Å². The third kappa shape index (κ3) is 2.18.